The third-order valence-electron chi connectivity index (χ3n) is 5.28. The van der Waals surface area contributed by atoms with Gasteiger partial charge in [-0.3, -0.25) is 4.99 Å². The fourth-order valence-electron chi connectivity index (χ4n) is 3.63. The number of likely N-dealkylation sites (N-methyl/N-ethyl adjacent to an activating group) is 1. The van der Waals surface area contributed by atoms with Gasteiger partial charge in [-0.1, -0.05) is 26.2 Å². The van der Waals surface area contributed by atoms with Crippen LogP contribution in [0.2, 0.25) is 0 Å². The standard InChI is InChI=1S/C18H37N5/c1-3-22-13-15-23(16-14-22)12-8-7-11-20-18(19-2)21-17-9-5-4-6-10-17/h17H,3-16H2,1-2H3,(H2,19,20,21). The van der Waals surface area contributed by atoms with Crippen molar-refractivity contribution in [2.24, 2.45) is 4.99 Å². The number of unbranched alkanes of at least 4 members (excludes halogenated alkanes) is 1. The van der Waals surface area contributed by atoms with Crippen molar-refractivity contribution < 1.29 is 0 Å². The lowest BCUT2D eigenvalue weighted by atomic mass is 9.96. The van der Waals surface area contributed by atoms with E-state index in [0.717, 1.165) is 12.5 Å². The molecule has 0 aromatic heterocycles. The second-order valence-electron chi connectivity index (χ2n) is 6.96. The Morgan fingerprint density at radius 1 is 1.00 bits per heavy atom. The molecule has 2 aliphatic rings. The summed E-state index contributed by atoms with van der Waals surface area (Å²) in [7, 11) is 1.88. The summed E-state index contributed by atoms with van der Waals surface area (Å²) in [6.45, 7) is 10.7. The predicted molar refractivity (Wildman–Crippen MR) is 99.2 cm³/mol. The number of aliphatic imine (C=N–C) groups is 1. The van der Waals surface area contributed by atoms with Crippen LogP contribution in [0.25, 0.3) is 0 Å². The zero-order valence-electron chi connectivity index (χ0n) is 15.3. The summed E-state index contributed by atoms with van der Waals surface area (Å²) >= 11 is 0. The quantitative estimate of drug-likeness (QED) is 0.427. The van der Waals surface area contributed by atoms with Crippen molar-refractivity contribution in [1.82, 2.24) is 20.4 Å². The molecule has 0 spiro atoms. The second kappa shape index (κ2) is 10.9. The van der Waals surface area contributed by atoms with Gasteiger partial charge < -0.3 is 20.4 Å². The molecule has 5 heteroatoms. The van der Waals surface area contributed by atoms with E-state index in [1.54, 1.807) is 0 Å². The molecular formula is C18H37N5. The van der Waals surface area contributed by atoms with Crippen LogP contribution in [0.1, 0.15) is 51.9 Å². The van der Waals surface area contributed by atoms with Gasteiger partial charge in [0.2, 0.25) is 0 Å². The molecule has 1 aliphatic carbocycles. The average molecular weight is 324 g/mol. The number of hydrogen-bond acceptors (Lipinski definition) is 3. The number of piperazine rings is 1. The third kappa shape index (κ3) is 7.08. The smallest absolute Gasteiger partial charge is 0.191 e. The molecule has 0 atom stereocenters. The molecule has 0 radical (unpaired) electrons. The zero-order valence-corrected chi connectivity index (χ0v) is 15.3. The van der Waals surface area contributed by atoms with E-state index in [9.17, 15) is 0 Å². The minimum absolute atomic E-state index is 0.629. The first-order valence-corrected chi connectivity index (χ1v) is 9.73. The van der Waals surface area contributed by atoms with Crippen LogP contribution in [0.15, 0.2) is 4.99 Å². The molecule has 0 bridgehead atoms. The molecule has 2 rings (SSSR count). The Bertz CT molecular complexity index is 330. The lowest BCUT2D eigenvalue weighted by Gasteiger charge is -2.34. The van der Waals surface area contributed by atoms with Gasteiger partial charge in [-0.2, -0.15) is 0 Å². The monoisotopic (exact) mass is 323 g/mol. The molecule has 1 saturated carbocycles. The molecule has 2 fully saturated rings. The Morgan fingerprint density at radius 3 is 2.35 bits per heavy atom. The van der Waals surface area contributed by atoms with Gasteiger partial charge in [0.05, 0.1) is 0 Å². The highest BCUT2D eigenvalue weighted by Gasteiger charge is 2.15. The summed E-state index contributed by atoms with van der Waals surface area (Å²) in [5.74, 6) is 0.994. The van der Waals surface area contributed by atoms with Gasteiger partial charge in [0, 0.05) is 45.8 Å². The molecule has 5 nitrogen and oxygen atoms in total. The van der Waals surface area contributed by atoms with Crippen LogP contribution in [0.3, 0.4) is 0 Å². The molecular weight excluding hydrogens is 286 g/mol. The molecule has 134 valence electrons. The first-order chi connectivity index (χ1) is 11.3. The minimum atomic E-state index is 0.629. The summed E-state index contributed by atoms with van der Waals surface area (Å²) < 4.78 is 0. The fourth-order valence-corrected chi connectivity index (χ4v) is 3.63. The summed E-state index contributed by atoms with van der Waals surface area (Å²) in [6.07, 6.45) is 9.21. The fraction of sp³-hybridized carbons (Fsp3) is 0.944. The van der Waals surface area contributed by atoms with Gasteiger partial charge in [0.25, 0.3) is 0 Å². The summed E-state index contributed by atoms with van der Waals surface area (Å²) in [4.78, 5) is 9.52. The van der Waals surface area contributed by atoms with Crippen molar-refractivity contribution in [1.29, 1.82) is 0 Å². The summed E-state index contributed by atoms with van der Waals surface area (Å²) in [5, 5.41) is 7.06. The van der Waals surface area contributed by atoms with E-state index in [4.69, 9.17) is 0 Å². The van der Waals surface area contributed by atoms with E-state index in [2.05, 4.69) is 32.3 Å². The van der Waals surface area contributed by atoms with E-state index in [1.165, 1.54) is 84.2 Å². The normalized spacial score (nSPS) is 22.3. The van der Waals surface area contributed by atoms with Crippen LogP contribution < -0.4 is 10.6 Å². The molecule has 0 aromatic carbocycles. The van der Waals surface area contributed by atoms with Crippen LogP contribution in [0, 0.1) is 0 Å². The third-order valence-corrected chi connectivity index (χ3v) is 5.28. The number of nitrogens with zero attached hydrogens (tertiary/aromatic N) is 3. The lowest BCUT2D eigenvalue weighted by molar-refractivity contribution is 0.136. The number of hydrogen-bond donors (Lipinski definition) is 2. The molecule has 0 amide bonds. The van der Waals surface area contributed by atoms with Gasteiger partial charge >= 0.3 is 0 Å². The highest BCUT2D eigenvalue weighted by molar-refractivity contribution is 5.79. The summed E-state index contributed by atoms with van der Waals surface area (Å²) in [5.41, 5.74) is 0. The Labute approximate surface area is 142 Å². The summed E-state index contributed by atoms with van der Waals surface area (Å²) in [6, 6.07) is 0.629. The largest absolute Gasteiger partial charge is 0.356 e. The van der Waals surface area contributed by atoms with Gasteiger partial charge in [-0.05, 0) is 38.8 Å². The van der Waals surface area contributed by atoms with Gasteiger partial charge in [-0.25, -0.2) is 0 Å². The molecule has 1 heterocycles. The van der Waals surface area contributed by atoms with Gasteiger partial charge in [0.15, 0.2) is 5.96 Å². The Balaban J connectivity index is 1.50. The average Bonchev–Trinajstić information content (AvgIpc) is 2.62. The van der Waals surface area contributed by atoms with Crippen molar-refractivity contribution in [3.8, 4) is 0 Å². The highest BCUT2D eigenvalue weighted by Crippen LogP contribution is 2.17. The van der Waals surface area contributed by atoms with Crippen molar-refractivity contribution >= 4 is 5.96 Å². The molecule has 0 unspecified atom stereocenters. The Hall–Kier alpha value is -0.810. The molecule has 0 aromatic rings. The van der Waals surface area contributed by atoms with Crippen molar-refractivity contribution in [3.63, 3.8) is 0 Å². The van der Waals surface area contributed by atoms with Crippen molar-refractivity contribution in [3.05, 3.63) is 0 Å². The molecule has 23 heavy (non-hydrogen) atoms. The van der Waals surface area contributed by atoms with Crippen LogP contribution in [-0.4, -0.2) is 74.7 Å². The van der Waals surface area contributed by atoms with Crippen LogP contribution in [-0.2, 0) is 0 Å². The van der Waals surface area contributed by atoms with Crippen molar-refractivity contribution in [2.45, 2.75) is 57.9 Å². The SMILES string of the molecule is CCN1CCN(CCCCNC(=NC)NC2CCCCC2)CC1. The topological polar surface area (TPSA) is 42.9 Å². The van der Waals surface area contributed by atoms with Gasteiger partial charge in [0.1, 0.15) is 0 Å². The minimum Gasteiger partial charge on any atom is -0.356 e. The number of guanidine groups is 1. The maximum Gasteiger partial charge on any atom is 0.191 e. The van der Waals surface area contributed by atoms with Crippen LogP contribution >= 0.6 is 0 Å². The molecule has 1 saturated heterocycles. The van der Waals surface area contributed by atoms with Crippen molar-refractivity contribution in [2.75, 3.05) is 52.9 Å². The van der Waals surface area contributed by atoms with E-state index < -0.39 is 0 Å². The maximum atomic E-state index is 4.37. The Kier molecular flexibility index (Phi) is 8.76. The van der Waals surface area contributed by atoms with E-state index in [-0.39, 0.29) is 0 Å². The second-order valence-corrected chi connectivity index (χ2v) is 6.96. The van der Waals surface area contributed by atoms with Crippen LogP contribution in [0.5, 0.6) is 0 Å². The van der Waals surface area contributed by atoms with Crippen LogP contribution in [0.4, 0.5) is 0 Å². The van der Waals surface area contributed by atoms with E-state index in [0.29, 0.717) is 6.04 Å². The zero-order chi connectivity index (χ0) is 16.3. The Morgan fingerprint density at radius 2 is 1.70 bits per heavy atom. The molecule has 2 N–H and O–H groups in total. The first-order valence-electron chi connectivity index (χ1n) is 9.73. The lowest BCUT2D eigenvalue weighted by Crippen LogP contribution is -2.46. The predicted octanol–water partition coefficient (Wildman–Crippen LogP) is 1.90. The van der Waals surface area contributed by atoms with E-state index >= 15 is 0 Å². The number of rotatable bonds is 7. The highest BCUT2D eigenvalue weighted by atomic mass is 15.3. The first kappa shape index (κ1) is 18.5. The van der Waals surface area contributed by atoms with Gasteiger partial charge in [-0.15, -0.1) is 0 Å². The number of nitrogens with one attached hydrogen (secondary N) is 2. The molecule has 1 aliphatic heterocycles. The maximum absolute atomic E-state index is 4.37. The van der Waals surface area contributed by atoms with E-state index in [1.807, 2.05) is 7.05 Å².